The van der Waals surface area contributed by atoms with Crippen molar-refractivity contribution in [2.75, 3.05) is 18.6 Å². The Hall–Kier alpha value is 0.270. The summed E-state index contributed by atoms with van der Waals surface area (Å²) in [6, 6.07) is 0. The predicted molar refractivity (Wildman–Crippen MR) is 72.7 cm³/mol. The summed E-state index contributed by atoms with van der Waals surface area (Å²) in [5, 5.41) is 10.3. The maximum Gasteiger partial charge on any atom is 0.0616 e. The summed E-state index contributed by atoms with van der Waals surface area (Å²) in [5.74, 6) is 1.03. The Bertz CT molecular complexity index is 208. The van der Waals surface area contributed by atoms with Crippen LogP contribution in [0, 0.1) is 10.8 Å². The highest BCUT2D eigenvalue weighted by Gasteiger charge is 2.41. The summed E-state index contributed by atoms with van der Waals surface area (Å²) in [7, 11) is 0. The molecular formula is C13H27NOS. The van der Waals surface area contributed by atoms with Gasteiger partial charge in [0.2, 0.25) is 0 Å². The molecule has 0 aromatic carbocycles. The van der Waals surface area contributed by atoms with Crippen LogP contribution in [-0.2, 0) is 0 Å². The van der Waals surface area contributed by atoms with E-state index in [2.05, 4.69) is 20.1 Å². The van der Waals surface area contributed by atoms with Gasteiger partial charge in [-0.25, -0.2) is 0 Å². The summed E-state index contributed by atoms with van der Waals surface area (Å²) in [6.45, 7) is 5.28. The molecule has 0 spiro atoms. The van der Waals surface area contributed by atoms with Gasteiger partial charge in [0.05, 0.1) is 6.10 Å². The van der Waals surface area contributed by atoms with Crippen LogP contribution in [0.2, 0.25) is 0 Å². The first-order valence-corrected chi connectivity index (χ1v) is 7.72. The molecule has 0 aliphatic heterocycles. The van der Waals surface area contributed by atoms with Gasteiger partial charge in [-0.05, 0) is 49.5 Å². The molecule has 0 radical (unpaired) electrons. The van der Waals surface area contributed by atoms with Gasteiger partial charge in [-0.15, -0.1) is 0 Å². The lowest BCUT2D eigenvalue weighted by atomic mass is 9.62. The van der Waals surface area contributed by atoms with Gasteiger partial charge in [-0.3, -0.25) is 0 Å². The normalized spacial score (nSPS) is 25.3. The molecule has 1 atom stereocenters. The number of hydrogen-bond acceptors (Lipinski definition) is 3. The van der Waals surface area contributed by atoms with E-state index in [1.54, 1.807) is 11.8 Å². The number of aliphatic hydroxyl groups is 1. The zero-order valence-electron chi connectivity index (χ0n) is 11.0. The molecule has 0 aromatic heterocycles. The van der Waals surface area contributed by atoms with Crippen LogP contribution in [-0.4, -0.2) is 29.8 Å². The summed E-state index contributed by atoms with van der Waals surface area (Å²) < 4.78 is 0. The third kappa shape index (κ3) is 3.38. The summed E-state index contributed by atoms with van der Waals surface area (Å²) in [4.78, 5) is 0. The van der Waals surface area contributed by atoms with Gasteiger partial charge in [-0.2, -0.15) is 11.8 Å². The van der Waals surface area contributed by atoms with E-state index in [1.807, 2.05) is 0 Å². The zero-order valence-corrected chi connectivity index (χ0v) is 11.8. The molecule has 1 unspecified atom stereocenters. The van der Waals surface area contributed by atoms with Gasteiger partial charge in [0.1, 0.15) is 0 Å². The fraction of sp³-hybridized carbons (Fsp3) is 1.00. The quantitative estimate of drug-likeness (QED) is 0.783. The van der Waals surface area contributed by atoms with Crippen molar-refractivity contribution in [3.8, 4) is 0 Å². The highest BCUT2D eigenvalue weighted by molar-refractivity contribution is 7.98. The van der Waals surface area contributed by atoms with E-state index in [1.165, 1.54) is 12.8 Å². The molecule has 1 aliphatic carbocycles. The van der Waals surface area contributed by atoms with Crippen molar-refractivity contribution in [3.63, 3.8) is 0 Å². The average Bonchev–Trinajstić information content (AvgIpc) is 2.27. The van der Waals surface area contributed by atoms with Gasteiger partial charge >= 0.3 is 0 Å². The Labute approximate surface area is 104 Å². The molecule has 1 aliphatic rings. The SMILES string of the molecule is CSCCC(O)C1(CN)CCC(C)(C)CC1. The van der Waals surface area contributed by atoms with Crippen LogP contribution in [0.4, 0.5) is 0 Å². The molecule has 0 bridgehead atoms. The molecule has 2 nitrogen and oxygen atoms in total. The molecule has 0 amide bonds. The highest BCUT2D eigenvalue weighted by atomic mass is 32.2. The van der Waals surface area contributed by atoms with Crippen LogP contribution in [0.15, 0.2) is 0 Å². The van der Waals surface area contributed by atoms with Gasteiger partial charge < -0.3 is 10.8 Å². The molecule has 3 heteroatoms. The molecule has 3 N–H and O–H groups in total. The minimum atomic E-state index is -0.207. The average molecular weight is 245 g/mol. The standard InChI is InChI=1S/C13H27NOS/c1-12(2)5-7-13(10-14,8-6-12)11(15)4-9-16-3/h11,15H,4-10,14H2,1-3H3. The molecule has 0 aromatic rings. The summed E-state index contributed by atoms with van der Waals surface area (Å²) in [5.41, 5.74) is 6.38. The third-order valence-corrected chi connectivity index (χ3v) is 4.95. The van der Waals surface area contributed by atoms with E-state index < -0.39 is 0 Å². The Morgan fingerprint density at radius 2 is 1.81 bits per heavy atom. The lowest BCUT2D eigenvalue weighted by Gasteiger charge is -2.45. The van der Waals surface area contributed by atoms with E-state index in [4.69, 9.17) is 5.73 Å². The molecule has 1 fully saturated rings. The van der Waals surface area contributed by atoms with Crippen LogP contribution in [0.3, 0.4) is 0 Å². The van der Waals surface area contributed by atoms with Crippen molar-refractivity contribution in [2.45, 2.75) is 52.1 Å². The number of aliphatic hydroxyl groups excluding tert-OH is 1. The summed E-state index contributed by atoms with van der Waals surface area (Å²) in [6.07, 6.45) is 7.34. The zero-order chi connectivity index (χ0) is 12.2. The lowest BCUT2D eigenvalue weighted by molar-refractivity contribution is -0.0226. The monoisotopic (exact) mass is 245 g/mol. The molecule has 1 rings (SSSR count). The smallest absolute Gasteiger partial charge is 0.0616 e. The maximum atomic E-state index is 10.3. The van der Waals surface area contributed by atoms with Crippen molar-refractivity contribution in [1.29, 1.82) is 0 Å². The van der Waals surface area contributed by atoms with E-state index in [0.29, 0.717) is 12.0 Å². The largest absolute Gasteiger partial charge is 0.392 e. The van der Waals surface area contributed by atoms with Gasteiger partial charge in [0, 0.05) is 12.0 Å². The van der Waals surface area contributed by atoms with E-state index >= 15 is 0 Å². The molecule has 0 saturated heterocycles. The lowest BCUT2D eigenvalue weighted by Crippen LogP contribution is -2.46. The van der Waals surface area contributed by atoms with Crippen molar-refractivity contribution in [2.24, 2.45) is 16.6 Å². The van der Waals surface area contributed by atoms with Gasteiger partial charge in [-0.1, -0.05) is 13.8 Å². The van der Waals surface area contributed by atoms with Crippen LogP contribution in [0.25, 0.3) is 0 Å². The van der Waals surface area contributed by atoms with Gasteiger partial charge in [0.15, 0.2) is 0 Å². The van der Waals surface area contributed by atoms with Crippen LogP contribution in [0.1, 0.15) is 46.0 Å². The fourth-order valence-corrected chi connectivity index (χ4v) is 3.09. The van der Waals surface area contributed by atoms with Crippen LogP contribution < -0.4 is 5.73 Å². The highest BCUT2D eigenvalue weighted by Crippen LogP contribution is 2.47. The topological polar surface area (TPSA) is 46.2 Å². The first kappa shape index (κ1) is 14.3. The van der Waals surface area contributed by atoms with Crippen LogP contribution >= 0.6 is 11.8 Å². The second-order valence-electron chi connectivity index (χ2n) is 6.03. The number of hydrogen-bond donors (Lipinski definition) is 2. The minimum absolute atomic E-state index is 0.00521. The third-order valence-electron chi connectivity index (χ3n) is 4.31. The molecule has 96 valence electrons. The summed E-state index contributed by atoms with van der Waals surface area (Å²) >= 11 is 1.80. The van der Waals surface area contributed by atoms with Crippen molar-refractivity contribution in [3.05, 3.63) is 0 Å². The molecule has 0 heterocycles. The fourth-order valence-electron chi connectivity index (χ4n) is 2.63. The van der Waals surface area contributed by atoms with Gasteiger partial charge in [0.25, 0.3) is 0 Å². The molecule has 16 heavy (non-hydrogen) atoms. The van der Waals surface area contributed by atoms with E-state index in [0.717, 1.165) is 25.0 Å². The first-order chi connectivity index (χ1) is 7.46. The van der Waals surface area contributed by atoms with Crippen LogP contribution in [0.5, 0.6) is 0 Å². The Morgan fingerprint density at radius 1 is 1.25 bits per heavy atom. The van der Waals surface area contributed by atoms with Crippen molar-refractivity contribution < 1.29 is 5.11 Å². The van der Waals surface area contributed by atoms with Crippen molar-refractivity contribution >= 4 is 11.8 Å². The Morgan fingerprint density at radius 3 is 2.25 bits per heavy atom. The molecular weight excluding hydrogens is 218 g/mol. The maximum absolute atomic E-state index is 10.3. The van der Waals surface area contributed by atoms with E-state index in [-0.39, 0.29) is 11.5 Å². The number of nitrogens with two attached hydrogens (primary N) is 1. The Kier molecular flexibility index (Phi) is 5.14. The number of thioether (sulfide) groups is 1. The minimum Gasteiger partial charge on any atom is -0.392 e. The van der Waals surface area contributed by atoms with Crippen molar-refractivity contribution in [1.82, 2.24) is 0 Å². The van der Waals surface area contributed by atoms with E-state index in [9.17, 15) is 5.11 Å². The molecule has 1 saturated carbocycles. The Balaban J connectivity index is 2.58. The number of rotatable bonds is 5. The predicted octanol–water partition coefficient (Wildman–Crippen LogP) is 2.65. The second kappa shape index (κ2) is 5.74. The second-order valence-corrected chi connectivity index (χ2v) is 7.01. The first-order valence-electron chi connectivity index (χ1n) is 6.33.